The fraction of sp³-hybridized carbons (Fsp3) is 0.286. The molecule has 12 heteroatoms. The Balaban J connectivity index is 1.97. The summed E-state index contributed by atoms with van der Waals surface area (Å²) in [6, 6.07) is 1.25. The molecule has 33 heavy (non-hydrogen) atoms. The van der Waals surface area contributed by atoms with E-state index in [4.69, 9.17) is 5.73 Å². The van der Waals surface area contributed by atoms with E-state index in [1.165, 1.54) is 6.07 Å². The minimum Gasteiger partial charge on any atom is -0.365 e. The molecule has 0 saturated carbocycles. The highest BCUT2D eigenvalue weighted by Crippen LogP contribution is 2.43. The molecule has 0 radical (unpaired) electrons. The summed E-state index contributed by atoms with van der Waals surface area (Å²) in [5, 5.41) is 11.7. The fourth-order valence-corrected chi connectivity index (χ4v) is 4.70. The molecule has 0 aliphatic carbocycles. The van der Waals surface area contributed by atoms with Crippen molar-refractivity contribution >= 4 is 39.1 Å². The number of fused-ring (bicyclic) bond motifs is 1. The molecule has 0 spiro atoms. The molecular formula is C21H21F2N7O2S. The number of nitrogens with zero attached hydrogens (tertiary/aromatic N) is 5. The minimum absolute atomic E-state index is 0.0144. The van der Waals surface area contributed by atoms with E-state index in [0.29, 0.717) is 40.0 Å². The van der Waals surface area contributed by atoms with Gasteiger partial charge in [0, 0.05) is 36.9 Å². The largest absolute Gasteiger partial charge is 0.365 e. The molecule has 4 rings (SSSR count). The van der Waals surface area contributed by atoms with Gasteiger partial charge in [-0.15, -0.1) is 11.3 Å². The van der Waals surface area contributed by atoms with Crippen LogP contribution < -0.4 is 11.1 Å². The number of aryl methyl sites for hydroxylation is 4. The molecule has 3 N–H and O–H groups in total. The van der Waals surface area contributed by atoms with Crippen LogP contribution in [0.2, 0.25) is 0 Å². The van der Waals surface area contributed by atoms with Crippen LogP contribution in [-0.2, 0) is 13.6 Å². The predicted molar refractivity (Wildman–Crippen MR) is 121 cm³/mol. The van der Waals surface area contributed by atoms with Crippen LogP contribution in [0.25, 0.3) is 21.3 Å². The van der Waals surface area contributed by atoms with Crippen LogP contribution in [0.15, 0.2) is 18.5 Å². The lowest BCUT2D eigenvalue weighted by molar-refractivity contribution is 0.100. The number of thiophene rings is 1. The first-order valence-electron chi connectivity index (χ1n) is 10.0. The highest BCUT2D eigenvalue weighted by Gasteiger charge is 2.27. The number of amides is 2. The monoisotopic (exact) mass is 473 g/mol. The quantitative estimate of drug-likeness (QED) is 0.441. The van der Waals surface area contributed by atoms with Crippen LogP contribution in [0.1, 0.15) is 50.5 Å². The number of pyridine rings is 1. The van der Waals surface area contributed by atoms with Gasteiger partial charge in [0.1, 0.15) is 15.4 Å². The lowest BCUT2D eigenvalue weighted by Crippen LogP contribution is -2.17. The van der Waals surface area contributed by atoms with E-state index < -0.39 is 23.9 Å². The summed E-state index contributed by atoms with van der Waals surface area (Å²) in [6.45, 7) is 5.90. The van der Waals surface area contributed by atoms with Crippen LogP contribution in [0, 0.1) is 13.8 Å². The van der Waals surface area contributed by atoms with Crippen molar-refractivity contribution in [3.63, 3.8) is 0 Å². The second-order valence-electron chi connectivity index (χ2n) is 7.49. The van der Waals surface area contributed by atoms with Crippen molar-refractivity contribution in [2.45, 2.75) is 33.7 Å². The number of primary amides is 1. The van der Waals surface area contributed by atoms with Crippen LogP contribution in [0.5, 0.6) is 0 Å². The number of carbonyl (C=O) groups is 2. The molecule has 4 aromatic heterocycles. The number of alkyl halides is 2. The molecule has 0 aliphatic rings. The zero-order valence-corrected chi connectivity index (χ0v) is 19.1. The molecule has 0 unspecified atom stereocenters. The summed E-state index contributed by atoms with van der Waals surface area (Å²) in [5.41, 5.74) is 7.63. The summed E-state index contributed by atoms with van der Waals surface area (Å²) in [7, 11) is 1.71. The van der Waals surface area contributed by atoms with Gasteiger partial charge in [-0.05, 0) is 32.4 Å². The molecule has 9 nitrogen and oxygen atoms in total. The van der Waals surface area contributed by atoms with Gasteiger partial charge in [-0.1, -0.05) is 0 Å². The summed E-state index contributed by atoms with van der Waals surface area (Å²) in [6.07, 6.45) is 0.453. The maximum atomic E-state index is 13.6. The number of hydrogen-bond donors (Lipinski definition) is 2. The summed E-state index contributed by atoms with van der Waals surface area (Å²) in [4.78, 5) is 29.6. The molecule has 172 valence electrons. The van der Waals surface area contributed by atoms with Crippen molar-refractivity contribution in [1.29, 1.82) is 0 Å². The molecule has 2 amide bonds. The zero-order chi connectivity index (χ0) is 24.0. The van der Waals surface area contributed by atoms with Crippen molar-refractivity contribution in [2.24, 2.45) is 12.8 Å². The molecule has 0 fully saturated rings. The predicted octanol–water partition coefficient (Wildman–Crippen LogP) is 3.82. The number of aromatic nitrogens is 5. The minimum atomic E-state index is -2.83. The Bertz CT molecular complexity index is 1400. The summed E-state index contributed by atoms with van der Waals surface area (Å²) >= 11 is 0.854. The standard InChI is InChI=1S/C21H21F2N7O2S/c1-5-30-8-13(10(3)28-30)20(32)26-16-15-11(12-7-29(4)27-9(12)2)6-14(18(22)23)25-21(15)33-17(16)19(24)31/h6-8,18H,5H2,1-4H3,(H2,24,31)(H,26,32). The number of rotatable bonds is 6. The Kier molecular flexibility index (Phi) is 5.70. The van der Waals surface area contributed by atoms with Crippen LogP contribution in [0.3, 0.4) is 0 Å². The van der Waals surface area contributed by atoms with E-state index in [1.807, 2.05) is 6.92 Å². The third kappa shape index (κ3) is 3.97. The van der Waals surface area contributed by atoms with Crippen LogP contribution in [0.4, 0.5) is 14.5 Å². The van der Waals surface area contributed by atoms with Gasteiger partial charge in [0.15, 0.2) is 0 Å². The first-order valence-corrected chi connectivity index (χ1v) is 10.8. The van der Waals surface area contributed by atoms with E-state index in [2.05, 4.69) is 20.5 Å². The van der Waals surface area contributed by atoms with Crippen LogP contribution >= 0.6 is 11.3 Å². The molecule has 0 bridgehead atoms. The number of hydrogen-bond acceptors (Lipinski definition) is 6. The summed E-state index contributed by atoms with van der Waals surface area (Å²) in [5.74, 6) is -1.30. The van der Waals surface area contributed by atoms with Gasteiger partial charge in [0.25, 0.3) is 18.2 Å². The first-order chi connectivity index (χ1) is 15.6. The third-order valence-electron chi connectivity index (χ3n) is 5.19. The van der Waals surface area contributed by atoms with E-state index in [9.17, 15) is 18.4 Å². The van der Waals surface area contributed by atoms with E-state index in [0.717, 1.165) is 11.3 Å². The Morgan fingerprint density at radius 3 is 2.45 bits per heavy atom. The van der Waals surface area contributed by atoms with E-state index >= 15 is 0 Å². The Morgan fingerprint density at radius 2 is 1.91 bits per heavy atom. The Hall–Kier alpha value is -3.67. The third-order valence-corrected chi connectivity index (χ3v) is 6.28. The second-order valence-corrected chi connectivity index (χ2v) is 8.48. The van der Waals surface area contributed by atoms with Gasteiger partial charge >= 0.3 is 0 Å². The van der Waals surface area contributed by atoms with Crippen molar-refractivity contribution < 1.29 is 18.4 Å². The smallest absolute Gasteiger partial charge is 0.280 e. The van der Waals surface area contributed by atoms with E-state index in [1.54, 1.807) is 42.7 Å². The average molecular weight is 474 g/mol. The maximum Gasteiger partial charge on any atom is 0.280 e. The number of carbonyl (C=O) groups excluding carboxylic acids is 2. The van der Waals surface area contributed by atoms with Gasteiger partial charge in [-0.2, -0.15) is 10.2 Å². The van der Waals surface area contributed by atoms with Gasteiger partial charge in [-0.3, -0.25) is 19.0 Å². The number of halogens is 2. The second kappa shape index (κ2) is 8.35. The van der Waals surface area contributed by atoms with Crippen molar-refractivity contribution in [3.05, 3.63) is 46.0 Å². The van der Waals surface area contributed by atoms with Crippen molar-refractivity contribution in [1.82, 2.24) is 24.5 Å². The van der Waals surface area contributed by atoms with Gasteiger partial charge in [0.2, 0.25) is 0 Å². The Morgan fingerprint density at radius 1 is 1.18 bits per heavy atom. The molecule has 4 aromatic rings. The van der Waals surface area contributed by atoms with E-state index in [-0.39, 0.29) is 15.4 Å². The Labute approximate surface area is 191 Å². The molecule has 0 saturated heterocycles. The highest BCUT2D eigenvalue weighted by molar-refractivity contribution is 7.21. The first kappa shape index (κ1) is 22.5. The molecular weight excluding hydrogens is 452 g/mol. The number of nitrogens with one attached hydrogen (secondary N) is 1. The average Bonchev–Trinajstić information content (AvgIpc) is 3.41. The van der Waals surface area contributed by atoms with Crippen LogP contribution in [-0.4, -0.2) is 36.4 Å². The molecule has 4 heterocycles. The SMILES string of the molecule is CCn1cc(C(=O)Nc2c(C(N)=O)sc3nc(C(F)F)cc(-c4cn(C)nc4C)c23)c(C)n1. The fourth-order valence-electron chi connectivity index (χ4n) is 3.68. The van der Waals surface area contributed by atoms with Gasteiger partial charge in [0.05, 0.1) is 22.6 Å². The lowest BCUT2D eigenvalue weighted by Gasteiger charge is -2.10. The van der Waals surface area contributed by atoms with Crippen molar-refractivity contribution in [2.75, 3.05) is 5.32 Å². The zero-order valence-electron chi connectivity index (χ0n) is 18.3. The topological polar surface area (TPSA) is 121 Å². The van der Waals surface area contributed by atoms with Gasteiger partial charge < -0.3 is 11.1 Å². The van der Waals surface area contributed by atoms with Crippen molar-refractivity contribution in [3.8, 4) is 11.1 Å². The summed E-state index contributed by atoms with van der Waals surface area (Å²) < 4.78 is 30.4. The van der Waals surface area contributed by atoms with Gasteiger partial charge in [-0.25, -0.2) is 13.8 Å². The highest BCUT2D eigenvalue weighted by atomic mass is 32.1. The number of anilines is 1. The maximum absolute atomic E-state index is 13.6. The number of nitrogens with two attached hydrogens (primary N) is 1. The lowest BCUT2D eigenvalue weighted by atomic mass is 10.0. The molecule has 0 aromatic carbocycles. The molecule has 0 aliphatic heterocycles. The normalized spacial score (nSPS) is 11.5. The molecule has 0 atom stereocenters.